The van der Waals surface area contributed by atoms with Crippen LogP contribution in [0.4, 0.5) is 5.82 Å². The molecule has 0 aromatic carbocycles. The van der Waals surface area contributed by atoms with Crippen molar-refractivity contribution < 1.29 is 9.84 Å². The van der Waals surface area contributed by atoms with Crippen LogP contribution in [0.2, 0.25) is 5.02 Å². The van der Waals surface area contributed by atoms with Gasteiger partial charge in [0.15, 0.2) is 5.82 Å². The van der Waals surface area contributed by atoms with Crippen molar-refractivity contribution in [3.8, 4) is 6.01 Å². The first-order valence-electron chi connectivity index (χ1n) is 5.89. The molecular formula is C12H20ClN3O2. The summed E-state index contributed by atoms with van der Waals surface area (Å²) in [7, 11) is 3.36. The molecule has 1 aromatic rings. The molecular weight excluding hydrogens is 254 g/mol. The minimum absolute atomic E-state index is 0.0258. The van der Waals surface area contributed by atoms with Crippen LogP contribution in [0.5, 0.6) is 6.01 Å². The summed E-state index contributed by atoms with van der Waals surface area (Å²) in [6, 6.07) is 0.240. The van der Waals surface area contributed by atoms with Crippen LogP contribution in [0.25, 0.3) is 0 Å². The molecule has 0 aliphatic heterocycles. The molecule has 1 N–H and O–H groups in total. The second-order valence-corrected chi connectivity index (χ2v) is 5.01. The zero-order chi connectivity index (χ0) is 13.7. The van der Waals surface area contributed by atoms with E-state index in [4.69, 9.17) is 16.3 Å². The molecule has 102 valence electrons. The molecule has 18 heavy (non-hydrogen) atoms. The number of anilines is 1. The molecule has 1 aromatic heterocycles. The highest BCUT2D eigenvalue weighted by atomic mass is 35.5. The van der Waals surface area contributed by atoms with Crippen molar-refractivity contribution in [1.82, 2.24) is 9.97 Å². The lowest BCUT2D eigenvalue weighted by Gasteiger charge is -2.29. The third-order valence-corrected chi connectivity index (χ3v) is 2.99. The number of methoxy groups -OCH3 is 1. The summed E-state index contributed by atoms with van der Waals surface area (Å²) in [6.45, 7) is 4.27. The van der Waals surface area contributed by atoms with Crippen molar-refractivity contribution in [3.05, 3.63) is 11.2 Å². The summed E-state index contributed by atoms with van der Waals surface area (Å²) >= 11 is 6.08. The van der Waals surface area contributed by atoms with E-state index in [1.807, 2.05) is 11.9 Å². The van der Waals surface area contributed by atoms with E-state index >= 15 is 0 Å². The van der Waals surface area contributed by atoms with E-state index < -0.39 is 0 Å². The fourth-order valence-corrected chi connectivity index (χ4v) is 1.98. The third-order valence-electron chi connectivity index (χ3n) is 2.72. The minimum Gasteiger partial charge on any atom is -0.467 e. The Morgan fingerprint density at radius 1 is 1.50 bits per heavy atom. The van der Waals surface area contributed by atoms with Crippen LogP contribution >= 0.6 is 11.6 Å². The maximum absolute atomic E-state index is 9.46. The standard InChI is InChI=1S/C12H20ClN3O2/c1-8(2)5-9(7-17)16(3)11-10(13)6-14-12(15-11)18-4/h6,8-9,17H,5,7H2,1-4H3/t9-/m0/s1. The predicted molar refractivity (Wildman–Crippen MR) is 72.3 cm³/mol. The predicted octanol–water partition coefficient (Wildman–Crippen LogP) is 1.98. The number of hydrogen-bond donors (Lipinski definition) is 1. The number of hydrogen-bond acceptors (Lipinski definition) is 5. The molecule has 0 spiro atoms. The molecule has 0 amide bonds. The number of ether oxygens (including phenoxy) is 1. The van der Waals surface area contributed by atoms with Crippen molar-refractivity contribution in [2.45, 2.75) is 26.3 Å². The fourth-order valence-electron chi connectivity index (χ4n) is 1.76. The van der Waals surface area contributed by atoms with Gasteiger partial charge in [-0.15, -0.1) is 0 Å². The van der Waals surface area contributed by atoms with E-state index in [0.29, 0.717) is 16.8 Å². The van der Waals surface area contributed by atoms with Crippen molar-refractivity contribution >= 4 is 17.4 Å². The Hall–Kier alpha value is -1.07. The van der Waals surface area contributed by atoms with Gasteiger partial charge in [-0.1, -0.05) is 25.4 Å². The Bertz CT molecular complexity index is 388. The molecule has 0 fully saturated rings. The Morgan fingerprint density at radius 3 is 2.67 bits per heavy atom. The molecule has 1 heterocycles. The highest BCUT2D eigenvalue weighted by Gasteiger charge is 2.20. The molecule has 0 radical (unpaired) electrons. The highest BCUT2D eigenvalue weighted by Crippen LogP contribution is 2.26. The van der Waals surface area contributed by atoms with Gasteiger partial charge in [0.05, 0.1) is 26.0 Å². The molecule has 1 rings (SSSR count). The first kappa shape index (κ1) is 15.0. The summed E-state index contributed by atoms with van der Waals surface area (Å²) in [6.07, 6.45) is 2.36. The Kier molecular flexibility index (Phi) is 5.62. The fraction of sp³-hybridized carbons (Fsp3) is 0.667. The SMILES string of the molecule is COc1ncc(Cl)c(N(C)[C@H](CO)CC(C)C)n1. The van der Waals surface area contributed by atoms with E-state index in [9.17, 15) is 5.11 Å². The van der Waals surface area contributed by atoms with Crippen molar-refractivity contribution in [1.29, 1.82) is 0 Å². The minimum atomic E-state index is -0.0258. The first-order chi connectivity index (χ1) is 8.49. The molecule has 0 saturated heterocycles. The lowest BCUT2D eigenvalue weighted by molar-refractivity contribution is 0.245. The van der Waals surface area contributed by atoms with Gasteiger partial charge in [0.25, 0.3) is 0 Å². The van der Waals surface area contributed by atoms with E-state index in [2.05, 4.69) is 23.8 Å². The highest BCUT2D eigenvalue weighted by molar-refractivity contribution is 6.32. The Balaban J connectivity index is 2.96. The normalized spacial score (nSPS) is 12.6. The summed E-state index contributed by atoms with van der Waals surface area (Å²) < 4.78 is 4.98. The zero-order valence-corrected chi connectivity index (χ0v) is 12.0. The maximum Gasteiger partial charge on any atom is 0.318 e. The van der Waals surface area contributed by atoms with Crippen LogP contribution in [0.3, 0.4) is 0 Å². The van der Waals surface area contributed by atoms with E-state index in [1.165, 1.54) is 13.3 Å². The Labute approximate surface area is 113 Å². The van der Waals surface area contributed by atoms with Crippen LogP contribution in [0.15, 0.2) is 6.20 Å². The molecule has 0 bridgehead atoms. The van der Waals surface area contributed by atoms with Crippen LogP contribution in [0, 0.1) is 5.92 Å². The van der Waals surface area contributed by atoms with Crippen LogP contribution < -0.4 is 9.64 Å². The van der Waals surface area contributed by atoms with Crippen LogP contribution in [0.1, 0.15) is 20.3 Å². The summed E-state index contributed by atoms with van der Waals surface area (Å²) in [5.74, 6) is 1.05. The largest absolute Gasteiger partial charge is 0.467 e. The van der Waals surface area contributed by atoms with Crippen LogP contribution in [-0.4, -0.2) is 41.9 Å². The van der Waals surface area contributed by atoms with E-state index in [-0.39, 0.29) is 18.7 Å². The number of halogens is 1. The second-order valence-electron chi connectivity index (χ2n) is 4.61. The molecule has 0 aliphatic carbocycles. The number of aromatic nitrogens is 2. The first-order valence-corrected chi connectivity index (χ1v) is 6.27. The van der Waals surface area contributed by atoms with Gasteiger partial charge in [-0.3, -0.25) is 0 Å². The van der Waals surface area contributed by atoms with Crippen molar-refractivity contribution in [3.63, 3.8) is 0 Å². The van der Waals surface area contributed by atoms with Crippen LogP contribution in [-0.2, 0) is 0 Å². The van der Waals surface area contributed by atoms with Gasteiger partial charge in [-0.25, -0.2) is 4.98 Å². The lowest BCUT2D eigenvalue weighted by Crippen LogP contribution is -2.36. The number of likely N-dealkylation sites (N-methyl/N-ethyl adjacent to an activating group) is 1. The monoisotopic (exact) mass is 273 g/mol. The van der Waals surface area contributed by atoms with Gasteiger partial charge in [0.1, 0.15) is 5.02 Å². The lowest BCUT2D eigenvalue weighted by atomic mass is 10.0. The molecule has 0 saturated carbocycles. The quantitative estimate of drug-likeness (QED) is 0.859. The summed E-state index contributed by atoms with van der Waals surface area (Å²) in [5.41, 5.74) is 0. The third kappa shape index (κ3) is 3.71. The van der Waals surface area contributed by atoms with E-state index in [1.54, 1.807) is 0 Å². The van der Waals surface area contributed by atoms with Crippen molar-refractivity contribution in [2.24, 2.45) is 5.92 Å². The second kappa shape index (κ2) is 6.75. The number of nitrogens with zero attached hydrogens (tertiary/aromatic N) is 3. The summed E-state index contributed by atoms with van der Waals surface area (Å²) in [5, 5.41) is 9.91. The van der Waals surface area contributed by atoms with Gasteiger partial charge < -0.3 is 14.7 Å². The number of aliphatic hydroxyl groups is 1. The zero-order valence-electron chi connectivity index (χ0n) is 11.2. The average Bonchev–Trinajstić information content (AvgIpc) is 2.35. The van der Waals surface area contributed by atoms with Gasteiger partial charge >= 0.3 is 6.01 Å². The van der Waals surface area contributed by atoms with Gasteiger partial charge in [-0.05, 0) is 12.3 Å². The number of aliphatic hydroxyl groups excluding tert-OH is 1. The average molecular weight is 274 g/mol. The van der Waals surface area contributed by atoms with Gasteiger partial charge in [-0.2, -0.15) is 4.98 Å². The molecule has 0 aliphatic rings. The summed E-state index contributed by atoms with van der Waals surface area (Å²) in [4.78, 5) is 10.0. The molecule has 6 heteroatoms. The number of rotatable bonds is 6. The molecule has 1 atom stereocenters. The Morgan fingerprint density at radius 2 is 2.17 bits per heavy atom. The van der Waals surface area contributed by atoms with E-state index in [0.717, 1.165) is 6.42 Å². The van der Waals surface area contributed by atoms with Gasteiger partial charge in [0.2, 0.25) is 0 Å². The topological polar surface area (TPSA) is 58.5 Å². The molecule has 5 nitrogen and oxygen atoms in total. The van der Waals surface area contributed by atoms with Crippen molar-refractivity contribution in [2.75, 3.05) is 25.7 Å². The smallest absolute Gasteiger partial charge is 0.318 e. The maximum atomic E-state index is 9.46. The molecule has 0 unspecified atom stereocenters. The van der Waals surface area contributed by atoms with Gasteiger partial charge in [0, 0.05) is 7.05 Å².